The summed E-state index contributed by atoms with van der Waals surface area (Å²) in [6.45, 7) is 4.42. The van der Waals surface area contributed by atoms with Crippen molar-refractivity contribution in [1.82, 2.24) is 10.2 Å². The molecule has 3 unspecified atom stereocenters. The topological polar surface area (TPSA) is 41.6 Å². The van der Waals surface area contributed by atoms with Gasteiger partial charge in [0.15, 0.2) is 6.10 Å². The normalized spacial score (nSPS) is 25.2. The van der Waals surface area contributed by atoms with Gasteiger partial charge in [-0.05, 0) is 38.3 Å². The van der Waals surface area contributed by atoms with Crippen molar-refractivity contribution in [2.45, 2.75) is 44.4 Å². The molecule has 0 saturated carbocycles. The first-order valence-corrected chi connectivity index (χ1v) is 8.00. The minimum atomic E-state index is -0.461. The molecule has 0 spiro atoms. The zero-order valence-electron chi connectivity index (χ0n) is 13.0. The highest BCUT2D eigenvalue weighted by Gasteiger charge is 2.41. The van der Waals surface area contributed by atoms with E-state index in [2.05, 4.69) is 10.2 Å². The quantitative estimate of drug-likeness (QED) is 0.925. The Bertz CT molecular complexity index is 469. The van der Waals surface area contributed by atoms with Crippen LogP contribution in [0.2, 0.25) is 0 Å². The predicted octanol–water partition coefficient (Wildman–Crippen LogP) is 2.54. The van der Waals surface area contributed by atoms with Crippen molar-refractivity contribution < 1.29 is 9.53 Å². The van der Waals surface area contributed by atoms with Crippen LogP contribution in [0.5, 0.6) is 0 Å². The molecular weight excluding hydrogens is 300 g/mol. The highest BCUT2D eigenvalue weighted by Crippen LogP contribution is 2.32. The maximum atomic E-state index is 13.1. The second-order valence-corrected chi connectivity index (χ2v) is 5.87. The Labute approximate surface area is 138 Å². The maximum Gasteiger partial charge on any atom is 0.256 e. The Morgan fingerprint density at radius 1 is 1.27 bits per heavy atom. The Balaban J connectivity index is 0.00000176. The van der Waals surface area contributed by atoms with Crippen LogP contribution in [0.1, 0.15) is 37.9 Å². The van der Waals surface area contributed by atoms with E-state index in [1.165, 1.54) is 0 Å². The van der Waals surface area contributed by atoms with Crippen LogP contribution < -0.4 is 5.32 Å². The van der Waals surface area contributed by atoms with Gasteiger partial charge < -0.3 is 15.0 Å². The van der Waals surface area contributed by atoms with Gasteiger partial charge in [0.25, 0.3) is 5.91 Å². The van der Waals surface area contributed by atoms with Gasteiger partial charge in [-0.3, -0.25) is 4.79 Å². The van der Waals surface area contributed by atoms with Crippen LogP contribution in [-0.4, -0.2) is 42.6 Å². The Morgan fingerprint density at radius 3 is 2.73 bits per heavy atom. The first-order chi connectivity index (χ1) is 10.3. The molecule has 1 N–H and O–H groups in total. The van der Waals surface area contributed by atoms with E-state index < -0.39 is 6.10 Å². The first-order valence-electron chi connectivity index (χ1n) is 8.00. The van der Waals surface area contributed by atoms with Gasteiger partial charge in [-0.25, -0.2) is 0 Å². The second kappa shape index (κ2) is 7.95. The molecule has 4 nitrogen and oxygen atoms in total. The summed E-state index contributed by atoms with van der Waals surface area (Å²) in [7, 11) is 0. The Kier molecular flexibility index (Phi) is 6.24. The summed E-state index contributed by atoms with van der Waals surface area (Å²) in [5, 5.41) is 3.44. The summed E-state index contributed by atoms with van der Waals surface area (Å²) >= 11 is 0. The Hall–Kier alpha value is -1.10. The summed E-state index contributed by atoms with van der Waals surface area (Å²) in [5.41, 5.74) is 0.959. The average Bonchev–Trinajstić information content (AvgIpc) is 2.78. The lowest BCUT2D eigenvalue weighted by Gasteiger charge is -2.31. The number of halogens is 1. The van der Waals surface area contributed by atoms with E-state index in [0.29, 0.717) is 18.7 Å². The standard InChI is InChI=1S/C17H24N2O2.ClH/c1-2-21-16(13-6-4-3-5-7-13)17(20)19-14-8-9-15(19)12-18-11-10-14;/h3-7,14-16,18H,2,8-12H2,1H3;1H. The van der Waals surface area contributed by atoms with Crippen molar-refractivity contribution in [2.24, 2.45) is 0 Å². The first kappa shape index (κ1) is 17.3. The lowest BCUT2D eigenvalue weighted by atomic mass is 10.1. The van der Waals surface area contributed by atoms with E-state index in [-0.39, 0.29) is 18.3 Å². The number of nitrogens with zero attached hydrogens (tertiary/aromatic N) is 1. The van der Waals surface area contributed by atoms with E-state index in [1.54, 1.807) is 0 Å². The van der Waals surface area contributed by atoms with E-state index in [9.17, 15) is 4.79 Å². The highest BCUT2D eigenvalue weighted by molar-refractivity contribution is 5.85. The number of benzene rings is 1. The fraction of sp³-hybridized carbons (Fsp3) is 0.588. The van der Waals surface area contributed by atoms with Crippen molar-refractivity contribution in [3.05, 3.63) is 35.9 Å². The van der Waals surface area contributed by atoms with Crippen molar-refractivity contribution in [1.29, 1.82) is 0 Å². The molecule has 2 saturated heterocycles. The molecule has 2 heterocycles. The largest absolute Gasteiger partial charge is 0.364 e. The summed E-state index contributed by atoms with van der Waals surface area (Å²) in [6.07, 6.45) is 2.83. The number of rotatable bonds is 4. The van der Waals surface area contributed by atoms with Crippen LogP contribution in [0, 0.1) is 0 Å². The molecule has 1 amide bonds. The van der Waals surface area contributed by atoms with Gasteiger partial charge in [0, 0.05) is 25.2 Å². The van der Waals surface area contributed by atoms with Crippen LogP contribution in [0.3, 0.4) is 0 Å². The van der Waals surface area contributed by atoms with Crippen LogP contribution in [0.25, 0.3) is 0 Å². The predicted molar refractivity (Wildman–Crippen MR) is 89.2 cm³/mol. The van der Waals surface area contributed by atoms with Crippen molar-refractivity contribution in [2.75, 3.05) is 19.7 Å². The molecule has 122 valence electrons. The van der Waals surface area contributed by atoms with Gasteiger partial charge in [-0.1, -0.05) is 30.3 Å². The van der Waals surface area contributed by atoms with Gasteiger partial charge >= 0.3 is 0 Å². The summed E-state index contributed by atoms with van der Waals surface area (Å²) in [5.74, 6) is 0.138. The van der Waals surface area contributed by atoms with Gasteiger partial charge in [0.1, 0.15) is 0 Å². The zero-order chi connectivity index (χ0) is 14.7. The number of carbonyl (C=O) groups excluding carboxylic acids is 1. The third-order valence-electron chi connectivity index (χ3n) is 4.57. The zero-order valence-corrected chi connectivity index (χ0v) is 13.8. The van der Waals surface area contributed by atoms with E-state index in [0.717, 1.165) is 37.9 Å². The lowest BCUT2D eigenvalue weighted by molar-refractivity contribution is -0.146. The molecule has 22 heavy (non-hydrogen) atoms. The smallest absolute Gasteiger partial charge is 0.256 e. The molecule has 3 atom stereocenters. The molecule has 0 aromatic heterocycles. The van der Waals surface area contributed by atoms with E-state index >= 15 is 0 Å². The minimum Gasteiger partial charge on any atom is -0.364 e. The number of carbonyl (C=O) groups is 1. The van der Waals surface area contributed by atoms with Crippen molar-refractivity contribution in [3.63, 3.8) is 0 Å². The molecular formula is C17H25ClN2O2. The van der Waals surface area contributed by atoms with E-state index in [1.807, 2.05) is 37.3 Å². The minimum absolute atomic E-state index is 0. The molecule has 1 aromatic rings. The van der Waals surface area contributed by atoms with Crippen LogP contribution in [0.4, 0.5) is 0 Å². The van der Waals surface area contributed by atoms with Crippen LogP contribution in [-0.2, 0) is 9.53 Å². The number of fused-ring (bicyclic) bond motifs is 2. The molecule has 2 aliphatic heterocycles. The molecule has 2 fully saturated rings. The summed E-state index contributed by atoms with van der Waals surface area (Å²) < 4.78 is 5.80. The maximum absolute atomic E-state index is 13.1. The summed E-state index contributed by atoms with van der Waals surface area (Å²) in [4.78, 5) is 15.2. The SMILES string of the molecule is CCOC(C(=O)N1C2CCNCC1CC2)c1ccccc1.Cl. The fourth-order valence-electron chi connectivity index (χ4n) is 3.58. The van der Waals surface area contributed by atoms with Gasteiger partial charge in [-0.15, -0.1) is 12.4 Å². The Morgan fingerprint density at radius 2 is 2.00 bits per heavy atom. The van der Waals surface area contributed by atoms with E-state index in [4.69, 9.17) is 4.74 Å². The highest BCUT2D eigenvalue weighted by atomic mass is 35.5. The molecule has 5 heteroatoms. The summed E-state index contributed by atoms with van der Waals surface area (Å²) in [6, 6.07) is 10.6. The molecule has 0 radical (unpaired) electrons. The third kappa shape index (κ3) is 3.45. The van der Waals surface area contributed by atoms with Crippen molar-refractivity contribution in [3.8, 4) is 0 Å². The monoisotopic (exact) mass is 324 g/mol. The van der Waals surface area contributed by atoms with Crippen LogP contribution in [0.15, 0.2) is 30.3 Å². The number of hydrogen-bond acceptors (Lipinski definition) is 3. The second-order valence-electron chi connectivity index (χ2n) is 5.87. The molecule has 0 aliphatic carbocycles. The number of hydrogen-bond donors (Lipinski definition) is 1. The van der Waals surface area contributed by atoms with Gasteiger partial charge in [0.2, 0.25) is 0 Å². The third-order valence-corrected chi connectivity index (χ3v) is 4.57. The number of ether oxygens (including phenoxy) is 1. The van der Waals surface area contributed by atoms with Gasteiger partial charge in [-0.2, -0.15) is 0 Å². The van der Waals surface area contributed by atoms with Gasteiger partial charge in [0.05, 0.1) is 0 Å². The average molecular weight is 325 g/mol. The number of amides is 1. The molecule has 2 bridgehead atoms. The van der Waals surface area contributed by atoms with Crippen molar-refractivity contribution >= 4 is 18.3 Å². The molecule has 2 aliphatic rings. The molecule has 1 aromatic carbocycles. The number of nitrogens with one attached hydrogen (secondary N) is 1. The van der Waals surface area contributed by atoms with Crippen LogP contribution >= 0.6 is 12.4 Å². The molecule has 3 rings (SSSR count). The fourth-order valence-corrected chi connectivity index (χ4v) is 3.58. The lowest BCUT2D eigenvalue weighted by Crippen LogP contribution is -2.45.